The lowest BCUT2D eigenvalue weighted by atomic mass is 10.2. The van der Waals surface area contributed by atoms with Gasteiger partial charge >= 0.3 is 0 Å². The Hall–Kier alpha value is -2.19. The Labute approximate surface area is 140 Å². The first-order valence-corrected chi connectivity index (χ1v) is 8.24. The molecule has 2 amide bonds. The van der Waals surface area contributed by atoms with E-state index >= 15 is 0 Å². The van der Waals surface area contributed by atoms with E-state index in [0.29, 0.717) is 25.4 Å². The molecular weight excluding hydrogens is 312 g/mol. The van der Waals surface area contributed by atoms with Crippen molar-refractivity contribution in [1.82, 2.24) is 15.4 Å². The lowest BCUT2D eigenvalue weighted by Gasteiger charge is -2.33. The van der Waals surface area contributed by atoms with Gasteiger partial charge in [0.05, 0.1) is 11.9 Å². The molecule has 0 aliphatic carbocycles. The van der Waals surface area contributed by atoms with Crippen LogP contribution in [0.1, 0.15) is 29.8 Å². The fourth-order valence-electron chi connectivity index (χ4n) is 2.77. The van der Waals surface area contributed by atoms with Gasteiger partial charge in [0.1, 0.15) is 5.69 Å². The van der Waals surface area contributed by atoms with Gasteiger partial charge in [-0.05, 0) is 25.0 Å². The third-order valence-corrected chi connectivity index (χ3v) is 4.23. The number of aromatic nitrogens is 1. The topological polar surface area (TPSA) is 84.0 Å². The maximum Gasteiger partial charge on any atom is 0.293 e. The van der Waals surface area contributed by atoms with Crippen LogP contribution in [-0.4, -0.2) is 61.3 Å². The van der Waals surface area contributed by atoms with Crippen LogP contribution < -0.4 is 10.4 Å². The maximum atomic E-state index is 12.0. The number of hydrogen-bond donors (Lipinski definition) is 1. The fraction of sp³-hybridized carbons (Fsp3) is 0.562. The number of hydrogen-bond acceptors (Lipinski definition) is 6. The molecule has 8 heteroatoms. The van der Waals surface area contributed by atoms with Crippen molar-refractivity contribution in [2.24, 2.45) is 0 Å². The predicted molar refractivity (Wildman–Crippen MR) is 86.2 cm³/mol. The largest absolute Gasteiger partial charge is 0.367 e. The number of carbonyl (C=O) groups is 2. The summed E-state index contributed by atoms with van der Waals surface area (Å²) in [6, 6.07) is 3.53. The lowest BCUT2D eigenvalue weighted by Crippen LogP contribution is -2.45. The van der Waals surface area contributed by atoms with Crippen molar-refractivity contribution in [3.05, 3.63) is 24.0 Å². The number of ether oxygens (including phenoxy) is 1. The van der Waals surface area contributed by atoms with Crippen molar-refractivity contribution in [3.8, 4) is 0 Å². The molecule has 2 saturated heterocycles. The summed E-state index contributed by atoms with van der Waals surface area (Å²) < 4.78 is 5.39. The zero-order valence-corrected chi connectivity index (χ0v) is 13.5. The quantitative estimate of drug-likeness (QED) is 0.625. The second-order valence-corrected chi connectivity index (χ2v) is 5.88. The Bertz CT molecular complexity index is 552. The zero-order valence-electron chi connectivity index (χ0n) is 13.5. The van der Waals surface area contributed by atoms with Crippen molar-refractivity contribution in [1.29, 1.82) is 0 Å². The van der Waals surface area contributed by atoms with Crippen molar-refractivity contribution in [3.63, 3.8) is 0 Å². The molecule has 1 aromatic heterocycles. The molecule has 8 nitrogen and oxygen atoms in total. The molecule has 2 fully saturated rings. The van der Waals surface area contributed by atoms with Crippen LogP contribution in [0.25, 0.3) is 0 Å². The van der Waals surface area contributed by atoms with Crippen LogP contribution in [0.5, 0.6) is 0 Å². The number of rotatable bonds is 5. The van der Waals surface area contributed by atoms with Gasteiger partial charge in [-0.15, -0.1) is 0 Å². The Morgan fingerprint density at radius 3 is 2.75 bits per heavy atom. The molecule has 1 unspecified atom stereocenters. The van der Waals surface area contributed by atoms with E-state index in [1.54, 1.807) is 17.2 Å². The average Bonchev–Trinajstić information content (AvgIpc) is 2.67. The number of hydroxylamine groups is 1. The number of pyridine rings is 1. The first kappa shape index (κ1) is 16.7. The second kappa shape index (κ2) is 8.07. The molecule has 0 aromatic carbocycles. The molecule has 0 radical (unpaired) electrons. The normalized spacial score (nSPS) is 21.4. The van der Waals surface area contributed by atoms with E-state index in [2.05, 4.69) is 15.4 Å². The minimum absolute atomic E-state index is 0.293. The third kappa shape index (κ3) is 4.21. The highest BCUT2D eigenvalue weighted by molar-refractivity contribution is 5.91. The summed E-state index contributed by atoms with van der Waals surface area (Å²) in [6.07, 6.45) is 5.00. The number of amides is 2. The molecule has 24 heavy (non-hydrogen) atoms. The molecular formula is C16H22N4O4. The number of nitrogens with zero attached hydrogens (tertiary/aromatic N) is 3. The Kier molecular flexibility index (Phi) is 5.60. The summed E-state index contributed by atoms with van der Waals surface area (Å²) in [7, 11) is 0. The molecule has 130 valence electrons. The van der Waals surface area contributed by atoms with E-state index in [-0.39, 0.29) is 12.2 Å². The monoisotopic (exact) mass is 334 g/mol. The third-order valence-electron chi connectivity index (χ3n) is 4.23. The summed E-state index contributed by atoms with van der Waals surface area (Å²) in [5.41, 5.74) is 3.63. The molecule has 0 bridgehead atoms. The first-order valence-electron chi connectivity index (χ1n) is 8.24. The Morgan fingerprint density at radius 2 is 2.12 bits per heavy atom. The van der Waals surface area contributed by atoms with Gasteiger partial charge in [-0.1, -0.05) is 0 Å². The van der Waals surface area contributed by atoms with Gasteiger partial charge in [0.15, 0.2) is 6.29 Å². The summed E-state index contributed by atoms with van der Waals surface area (Å²) in [5, 5.41) is 0. The van der Waals surface area contributed by atoms with Crippen molar-refractivity contribution in [2.45, 2.75) is 25.6 Å². The molecule has 3 heterocycles. The maximum absolute atomic E-state index is 12.0. The van der Waals surface area contributed by atoms with Gasteiger partial charge in [-0.3, -0.25) is 9.59 Å². The molecule has 1 aromatic rings. The molecule has 3 rings (SSSR count). The number of anilines is 1. The zero-order chi connectivity index (χ0) is 16.8. The van der Waals surface area contributed by atoms with E-state index in [4.69, 9.17) is 9.57 Å². The smallest absolute Gasteiger partial charge is 0.293 e. The minimum atomic E-state index is -0.388. The number of piperazine rings is 1. The summed E-state index contributed by atoms with van der Waals surface area (Å²) in [6.45, 7) is 3.56. The van der Waals surface area contributed by atoms with E-state index in [1.165, 1.54) is 0 Å². The van der Waals surface area contributed by atoms with Crippen LogP contribution in [0.15, 0.2) is 18.3 Å². The Morgan fingerprint density at radius 1 is 1.29 bits per heavy atom. The SMILES string of the molecule is O=CN1CCN(c2ccc(C(=O)NOC3CCCCO3)nc2)CC1. The highest BCUT2D eigenvalue weighted by Crippen LogP contribution is 2.16. The molecule has 2 aliphatic rings. The fourth-order valence-corrected chi connectivity index (χ4v) is 2.77. The van der Waals surface area contributed by atoms with Crippen LogP contribution in [0, 0.1) is 0 Å². The molecule has 0 saturated carbocycles. The lowest BCUT2D eigenvalue weighted by molar-refractivity contribution is -0.186. The molecule has 1 atom stereocenters. The highest BCUT2D eigenvalue weighted by Gasteiger charge is 2.18. The van der Waals surface area contributed by atoms with E-state index < -0.39 is 0 Å². The van der Waals surface area contributed by atoms with E-state index in [0.717, 1.165) is 44.4 Å². The minimum Gasteiger partial charge on any atom is -0.367 e. The van der Waals surface area contributed by atoms with Gasteiger partial charge in [0.25, 0.3) is 5.91 Å². The van der Waals surface area contributed by atoms with Crippen LogP contribution >= 0.6 is 0 Å². The summed E-state index contributed by atoms with van der Waals surface area (Å²) >= 11 is 0. The van der Waals surface area contributed by atoms with Gasteiger partial charge in [0.2, 0.25) is 6.41 Å². The van der Waals surface area contributed by atoms with Crippen molar-refractivity contribution < 1.29 is 19.2 Å². The first-order chi connectivity index (χ1) is 11.8. The van der Waals surface area contributed by atoms with Crippen molar-refractivity contribution in [2.75, 3.05) is 37.7 Å². The highest BCUT2D eigenvalue weighted by atomic mass is 16.8. The van der Waals surface area contributed by atoms with Gasteiger partial charge in [-0.2, -0.15) is 0 Å². The van der Waals surface area contributed by atoms with Crippen LogP contribution in [0.2, 0.25) is 0 Å². The molecule has 1 N–H and O–H groups in total. The Balaban J connectivity index is 1.50. The van der Waals surface area contributed by atoms with E-state index in [1.807, 2.05) is 6.07 Å². The number of carbonyl (C=O) groups excluding carboxylic acids is 2. The van der Waals surface area contributed by atoms with E-state index in [9.17, 15) is 9.59 Å². The number of nitrogens with one attached hydrogen (secondary N) is 1. The van der Waals surface area contributed by atoms with Crippen LogP contribution in [-0.2, 0) is 14.4 Å². The predicted octanol–water partition coefficient (Wildman–Crippen LogP) is 0.548. The van der Waals surface area contributed by atoms with Crippen molar-refractivity contribution >= 4 is 18.0 Å². The van der Waals surface area contributed by atoms with Gasteiger partial charge in [-0.25, -0.2) is 15.3 Å². The summed E-state index contributed by atoms with van der Waals surface area (Å²) in [4.78, 5) is 36.1. The average molecular weight is 334 g/mol. The molecule has 0 spiro atoms. The standard InChI is InChI=1S/C16H22N4O4/c21-12-19-6-8-20(9-7-19)13-4-5-14(17-11-13)16(22)18-24-15-3-1-2-10-23-15/h4-5,11-12,15H,1-3,6-10H2,(H,18,22). The van der Waals surface area contributed by atoms with Gasteiger partial charge < -0.3 is 14.5 Å². The van der Waals surface area contributed by atoms with Crippen LogP contribution in [0.4, 0.5) is 5.69 Å². The van der Waals surface area contributed by atoms with Crippen LogP contribution in [0.3, 0.4) is 0 Å². The second-order valence-electron chi connectivity index (χ2n) is 5.88. The molecule has 2 aliphatic heterocycles. The summed E-state index contributed by atoms with van der Waals surface area (Å²) in [5.74, 6) is -0.388. The van der Waals surface area contributed by atoms with Gasteiger partial charge in [0, 0.05) is 39.2 Å².